The van der Waals surface area contributed by atoms with Crippen LogP contribution in [0.15, 0.2) is 11.2 Å². The van der Waals surface area contributed by atoms with Gasteiger partial charge in [0.25, 0.3) is 6.43 Å². The van der Waals surface area contributed by atoms with E-state index in [1.54, 1.807) is 27.7 Å². The number of alkyl halides is 3. The lowest BCUT2D eigenvalue weighted by Crippen LogP contribution is -2.53. The van der Waals surface area contributed by atoms with Gasteiger partial charge >= 0.3 is 19.6 Å². The molecule has 2 heterocycles. The zero-order valence-corrected chi connectivity index (χ0v) is 24.8. The van der Waals surface area contributed by atoms with Crippen LogP contribution in [-0.4, -0.2) is 95.1 Å². The number of aliphatic hydroxyl groups excluding tert-OH is 1. The molecule has 0 aromatic rings. The lowest BCUT2D eigenvalue weighted by molar-refractivity contribution is -0.199. The van der Waals surface area contributed by atoms with E-state index in [9.17, 15) is 37.6 Å². The van der Waals surface area contributed by atoms with E-state index in [1.807, 2.05) is 0 Å². The molecule has 0 spiro atoms. The number of nitrogens with zero attached hydrogens (tertiary/aromatic N) is 1. The van der Waals surface area contributed by atoms with Gasteiger partial charge in [0.2, 0.25) is 5.91 Å². The highest BCUT2D eigenvalue weighted by Crippen LogP contribution is 2.46. The van der Waals surface area contributed by atoms with E-state index in [0.717, 1.165) is 0 Å². The van der Waals surface area contributed by atoms with Crippen LogP contribution in [0.3, 0.4) is 0 Å². The number of carbonyl (C=O) groups excluding carboxylic acids is 4. The average molecular weight is 636 g/mol. The van der Waals surface area contributed by atoms with Gasteiger partial charge in [-0.25, -0.2) is 23.3 Å². The average Bonchev–Trinajstić information content (AvgIpc) is 3.10. The molecule has 0 bridgehead atoms. The summed E-state index contributed by atoms with van der Waals surface area (Å²) in [7, 11) is -4.70. The number of amides is 1. The molecule has 2 aliphatic rings. The zero-order chi connectivity index (χ0) is 31.4. The number of rotatable bonds is 13. The molecular weight excluding hydrogens is 602 g/mol. The Bertz CT molecular complexity index is 1060. The largest absolute Gasteiger partial charge is 0.462 e. The Labute approximate surface area is 239 Å². The molecule has 0 radical (unpaired) electrons. The topological polar surface area (TPSA) is 170 Å². The van der Waals surface area contributed by atoms with Crippen molar-refractivity contribution < 1.29 is 60.8 Å². The van der Waals surface area contributed by atoms with E-state index < -0.39 is 104 Å². The molecule has 0 unspecified atom stereocenters. The van der Waals surface area contributed by atoms with Gasteiger partial charge in [-0.2, -0.15) is 0 Å². The van der Waals surface area contributed by atoms with Crippen molar-refractivity contribution in [2.45, 2.75) is 103 Å². The van der Waals surface area contributed by atoms with Gasteiger partial charge in [-0.05, 0) is 41.5 Å². The number of ether oxygens (including phenoxy) is 3. The third-order valence-electron chi connectivity index (χ3n) is 5.79. The molecule has 18 heteroatoms. The first-order valence-electron chi connectivity index (χ1n) is 12.5. The molecular formula is C23H34ClF3N3O10P. The SMILES string of the molecule is CC(C)OC(=O)[C@H](C)NP(=O)(N[C@@H](C)C(=O)OC(C)C)OC[C@@]1(C(F)F)O[C@@H](N2C=C(Cl)C(=O)CC2=O)[C@@H](F)[C@@H]1O. The van der Waals surface area contributed by atoms with Crippen LogP contribution in [0.4, 0.5) is 13.2 Å². The summed E-state index contributed by atoms with van der Waals surface area (Å²) in [5, 5.41) is 14.6. The van der Waals surface area contributed by atoms with E-state index >= 15 is 4.39 Å². The molecule has 1 saturated heterocycles. The monoisotopic (exact) mass is 635 g/mol. The predicted molar refractivity (Wildman–Crippen MR) is 136 cm³/mol. The predicted octanol–water partition coefficient (Wildman–Crippen LogP) is 1.91. The number of ketones is 1. The highest BCUT2D eigenvalue weighted by atomic mass is 35.5. The Morgan fingerprint density at radius 3 is 2.05 bits per heavy atom. The van der Waals surface area contributed by atoms with Crippen LogP contribution in [0, 0.1) is 0 Å². The number of allylic oxidation sites excluding steroid dienone is 1. The fourth-order valence-electron chi connectivity index (χ4n) is 3.74. The molecule has 0 aromatic heterocycles. The standard InChI is InChI=1S/C23H34ClF3N3O10P/c1-10(2)38-20(34)12(5)28-41(36,29-13(6)21(35)39-11(3)4)37-9-23(22(26)27)18(33)17(25)19(40-23)30-8-14(24)15(31)7-16(30)32/h8,10-13,17-19,22,33H,7,9H2,1-6H3,(H2,28,29,36)/t12-,13-,17-,18-,19+,23+/m0/s1. The Hall–Kier alpha value is -2.07. The highest BCUT2D eigenvalue weighted by molar-refractivity contribution is 7.54. The van der Waals surface area contributed by atoms with Crippen molar-refractivity contribution in [3.8, 4) is 0 Å². The van der Waals surface area contributed by atoms with Gasteiger partial charge < -0.3 is 23.8 Å². The number of nitrogens with one attached hydrogen (secondary N) is 2. The number of esters is 2. The number of halogens is 4. The normalized spacial score (nSPS) is 26.9. The molecule has 1 amide bonds. The van der Waals surface area contributed by atoms with Crippen LogP contribution in [0.2, 0.25) is 0 Å². The molecule has 1 fully saturated rings. The van der Waals surface area contributed by atoms with E-state index in [0.29, 0.717) is 11.1 Å². The second-order valence-corrected chi connectivity index (χ2v) is 12.3. The van der Waals surface area contributed by atoms with Gasteiger partial charge in [0.1, 0.15) is 23.2 Å². The summed E-state index contributed by atoms with van der Waals surface area (Å²) in [6.07, 6.45) is -12.4. The second-order valence-electron chi connectivity index (χ2n) is 10.0. The first kappa shape index (κ1) is 35.1. The van der Waals surface area contributed by atoms with E-state index in [-0.39, 0.29) is 0 Å². The summed E-state index contributed by atoms with van der Waals surface area (Å²) in [4.78, 5) is 49.1. The van der Waals surface area contributed by atoms with E-state index in [2.05, 4.69) is 10.2 Å². The molecule has 41 heavy (non-hydrogen) atoms. The van der Waals surface area contributed by atoms with Crippen molar-refractivity contribution in [2.24, 2.45) is 0 Å². The number of hydrogen-bond donors (Lipinski definition) is 3. The van der Waals surface area contributed by atoms with Crippen LogP contribution in [0.25, 0.3) is 0 Å². The maximum atomic E-state index is 15.2. The van der Waals surface area contributed by atoms with Crippen LogP contribution >= 0.6 is 19.3 Å². The Kier molecular flexibility index (Phi) is 11.9. The van der Waals surface area contributed by atoms with E-state index in [4.69, 9.17) is 30.3 Å². The third kappa shape index (κ3) is 8.49. The maximum absolute atomic E-state index is 15.2. The maximum Gasteiger partial charge on any atom is 0.342 e. The summed E-state index contributed by atoms with van der Waals surface area (Å²) >= 11 is 5.73. The van der Waals surface area contributed by atoms with E-state index in [1.165, 1.54) is 13.8 Å². The fraction of sp³-hybridized carbons (Fsp3) is 0.739. The number of hydrogen-bond acceptors (Lipinski definition) is 10. The van der Waals surface area contributed by atoms with Gasteiger partial charge in [-0.3, -0.25) is 28.6 Å². The van der Waals surface area contributed by atoms with Gasteiger partial charge in [0.05, 0.1) is 25.2 Å². The minimum atomic E-state index is -4.70. The molecule has 0 aliphatic carbocycles. The molecule has 2 rings (SSSR count). The molecule has 234 valence electrons. The van der Waals surface area contributed by atoms with Crippen molar-refractivity contribution in [3.63, 3.8) is 0 Å². The number of aliphatic hydroxyl groups is 1. The van der Waals surface area contributed by atoms with Crippen molar-refractivity contribution in [1.29, 1.82) is 0 Å². The third-order valence-corrected chi connectivity index (χ3v) is 8.04. The molecule has 3 N–H and O–H groups in total. The fourth-order valence-corrected chi connectivity index (χ4v) is 5.75. The lowest BCUT2D eigenvalue weighted by Gasteiger charge is -2.34. The van der Waals surface area contributed by atoms with Gasteiger partial charge in [-0.1, -0.05) is 11.6 Å². The van der Waals surface area contributed by atoms with Crippen molar-refractivity contribution in [3.05, 3.63) is 11.2 Å². The molecule has 0 saturated carbocycles. The highest BCUT2D eigenvalue weighted by Gasteiger charge is 2.63. The molecule has 13 nitrogen and oxygen atoms in total. The van der Waals surface area contributed by atoms with Crippen LogP contribution in [-0.2, 0) is 42.5 Å². The summed E-state index contributed by atoms with van der Waals surface area (Å²) in [6.45, 7) is 7.15. The summed E-state index contributed by atoms with van der Waals surface area (Å²) < 4.78 is 78.3. The number of Topliss-reactive ketones (excluding diaryl/α,β-unsaturated/α-hetero) is 1. The first-order valence-corrected chi connectivity index (χ1v) is 14.5. The molecule has 0 aromatic carbocycles. The Balaban J connectivity index is 2.37. The van der Waals surface area contributed by atoms with Gasteiger partial charge in [0.15, 0.2) is 23.8 Å². The van der Waals surface area contributed by atoms with Crippen molar-refractivity contribution >= 4 is 42.9 Å². The minimum absolute atomic E-state index is 0.464. The summed E-state index contributed by atoms with van der Waals surface area (Å²) in [6, 6.07) is -2.75. The smallest absolute Gasteiger partial charge is 0.342 e. The second kappa shape index (κ2) is 13.9. The van der Waals surface area contributed by atoms with Crippen molar-refractivity contribution in [1.82, 2.24) is 15.1 Å². The van der Waals surface area contributed by atoms with Crippen LogP contribution in [0.1, 0.15) is 48.0 Å². The van der Waals surface area contributed by atoms with Gasteiger partial charge in [-0.15, -0.1) is 0 Å². The number of carbonyl (C=O) groups is 4. The first-order chi connectivity index (χ1) is 18.8. The Morgan fingerprint density at radius 2 is 1.61 bits per heavy atom. The molecule has 2 aliphatic heterocycles. The molecule has 6 atom stereocenters. The quantitative estimate of drug-likeness (QED) is 0.153. The summed E-state index contributed by atoms with van der Waals surface area (Å²) in [5.41, 5.74) is -3.20. The lowest BCUT2D eigenvalue weighted by atomic mass is 9.97. The minimum Gasteiger partial charge on any atom is -0.462 e. The Morgan fingerprint density at radius 1 is 1.12 bits per heavy atom. The van der Waals surface area contributed by atoms with Gasteiger partial charge in [0, 0.05) is 6.20 Å². The van der Waals surface area contributed by atoms with Crippen LogP contribution in [0.5, 0.6) is 0 Å². The zero-order valence-electron chi connectivity index (χ0n) is 23.1. The summed E-state index contributed by atoms with van der Waals surface area (Å²) in [5.74, 6) is -3.64. The van der Waals surface area contributed by atoms with Crippen LogP contribution < -0.4 is 10.2 Å². The van der Waals surface area contributed by atoms with Crippen molar-refractivity contribution in [2.75, 3.05) is 6.61 Å².